The van der Waals surface area contributed by atoms with E-state index in [1.165, 1.54) is 0 Å². The van der Waals surface area contributed by atoms with E-state index in [0.717, 1.165) is 31.1 Å². The Hall–Kier alpha value is -1.31. The van der Waals surface area contributed by atoms with Gasteiger partial charge in [-0.25, -0.2) is 0 Å². The van der Waals surface area contributed by atoms with Crippen molar-refractivity contribution in [2.45, 2.75) is 12.6 Å². The molecule has 0 amide bonds. The van der Waals surface area contributed by atoms with Crippen molar-refractivity contribution in [2.24, 2.45) is 0 Å². The molecule has 6 nitrogen and oxygen atoms in total. The monoisotopic (exact) mass is 275 g/mol. The van der Waals surface area contributed by atoms with Crippen LogP contribution in [-0.4, -0.2) is 63.3 Å². The van der Waals surface area contributed by atoms with Crippen LogP contribution in [0.15, 0.2) is 12.3 Å². The summed E-state index contributed by atoms with van der Waals surface area (Å²) in [6.45, 7) is 4.85. The molecular weight excluding hydrogens is 257 g/mol. The van der Waals surface area contributed by atoms with Crippen molar-refractivity contribution in [3.8, 4) is 11.5 Å². The summed E-state index contributed by atoms with van der Waals surface area (Å²) in [6.07, 6.45) is 1.82. The molecule has 20 heavy (non-hydrogen) atoms. The molecule has 2 aliphatic heterocycles. The summed E-state index contributed by atoms with van der Waals surface area (Å²) >= 11 is 0. The molecule has 106 valence electrons. The minimum absolute atomic E-state index is 0.131. The van der Waals surface area contributed by atoms with Gasteiger partial charge in [-0.3, -0.25) is 4.98 Å². The van der Waals surface area contributed by atoms with Crippen LogP contribution in [0.4, 0.5) is 0 Å². The first-order chi connectivity index (χ1) is 9.81. The first-order valence-electron chi connectivity index (χ1n) is 6.88. The molecule has 0 spiro atoms. The Morgan fingerprint density at radius 3 is 2.95 bits per heavy atom. The highest BCUT2D eigenvalue weighted by atomic mass is 16.6. The van der Waals surface area contributed by atoms with Gasteiger partial charge in [-0.1, -0.05) is 0 Å². The van der Waals surface area contributed by atoms with Crippen molar-refractivity contribution in [1.82, 2.24) is 15.1 Å². The lowest BCUT2D eigenvalue weighted by molar-refractivity contribution is 0.0174. The molecule has 1 N–H and O–H groups in total. The van der Waals surface area contributed by atoms with Gasteiger partial charge in [0.05, 0.1) is 24.6 Å². The van der Waals surface area contributed by atoms with Crippen molar-refractivity contribution in [1.29, 1.82) is 0 Å². The van der Waals surface area contributed by atoms with E-state index >= 15 is 0 Å². The zero-order chi connectivity index (χ0) is 13.8. The van der Waals surface area contributed by atoms with Gasteiger partial charge in [-0.2, -0.15) is 0 Å². The van der Waals surface area contributed by atoms with Crippen LogP contribution in [0.3, 0.4) is 0 Å². The zero-order valence-corrected chi connectivity index (χ0v) is 11.4. The first-order valence-corrected chi connectivity index (χ1v) is 6.88. The second-order valence-electron chi connectivity index (χ2n) is 4.95. The van der Waals surface area contributed by atoms with Crippen LogP contribution in [0.5, 0.6) is 11.5 Å². The number of rotatable bonds is 4. The van der Waals surface area contributed by atoms with Crippen LogP contribution in [0, 0.1) is 0 Å². The molecule has 7 heteroatoms. The van der Waals surface area contributed by atoms with Crippen LogP contribution < -0.4 is 14.8 Å². The largest absolute Gasteiger partial charge is 0.486 e. The summed E-state index contributed by atoms with van der Waals surface area (Å²) in [4.78, 5) is 6.06. The van der Waals surface area contributed by atoms with Crippen LogP contribution in [0.25, 0.3) is 0 Å². The van der Waals surface area contributed by atoms with E-state index in [-0.39, 0.29) is 6.10 Å². The lowest BCUT2D eigenvalue weighted by Crippen LogP contribution is -2.44. The van der Waals surface area contributed by atoms with Gasteiger partial charge in [0.2, 0.25) is 0 Å². The SMILES string of the molecule is [B]N(Cc1cc2c(cn1)OCCO2)CC1CNCCO1. The number of ether oxygens (including phenoxy) is 3. The van der Waals surface area contributed by atoms with Crippen LogP contribution in [0.2, 0.25) is 0 Å². The Bertz CT molecular complexity index is 454. The fraction of sp³-hybridized carbons (Fsp3) is 0.615. The molecule has 1 unspecified atom stereocenters. The summed E-state index contributed by atoms with van der Waals surface area (Å²) < 4.78 is 16.6. The highest BCUT2D eigenvalue weighted by molar-refractivity contribution is 6.04. The van der Waals surface area contributed by atoms with E-state index in [4.69, 9.17) is 22.2 Å². The Morgan fingerprint density at radius 2 is 2.15 bits per heavy atom. The van der Waals surface area contributed by atoms with E-state index in [1.807, 2.05) is 6.07 Å². The second kappa shape index (κ2) is 6.43. The Labute approximate surface area is 119 Å². The van der Waals surface area contributed by atoms with Crippen LogP contribution in [0.1, 0.15) is 5.69 Å². The number of pyridine rings is 1. The van der Waals surface area contributed by atoms with Crippen molar-refractivity contribution < 1.29 is 14.2 Å². The average molecular weight is 275 g/mol. The second-order valence-corrected chi connectivity index (χ2v) is 4.95. The number of morpholine rings is 1. The molecule has 2 aliphatic rings. The van der Waals surface area contributed by atoms with Crippen LogP contribution >= 0.6 is 0 Å². The van der Waals surface area contributed by atoms with Gasteiger partial charge in [0.15, 0.2) is 19.5 Å². The van der Waals surface area contributed by atoms with E-state index in [2.05, 4.69) is 10.3 Å². The molecule has 1 atom stereocenters. The van der Waals surface area contributed by atoms with Crippen molar-refractivity contribution >= 4 is 7.98 Å². The number of hydrogen-bond donors (Lipinski definition) is 1. The van der Waals surface area contributed by atoms with Crippen LogP contribution in [-0.2, 0) is 11.3 Å². The maximum atomic E-state index is 6.03. The number of fused-ring (bicyclic) bond motifs is 1. The topological polar surface area (TPSA) is 55.9 Å². The van der Waals surface area contributed by atoms with E-state index in [9.17, 15) is 0 Å². The predicted octanol–water partition coefficient (Wildman–Crippen LogP) is -0.273. The smallest absolute Gasteiger partial charge is 0.183 e. The molecule has 0 saturated carbocycles. The van der Waals surface area contributed by atoms with Gasteiger partial charge < -0.3 is 24.3 Å². The molecule has 3 heterocycles. The lowest BCUT2D eigenvalue weighted by atomic mass is 10.2. The standard InChI is InChI=1S/C13H18BN3O3/c14-17(9-11-6-15-1-2-18-11)8-10-5-12-13(7-16-10)20-4-3-19-12/h5,7,11,15H,1-4,6,8-9H2. The fourth-order valence-corrected chi connectivity index (χ4v) is 2.35. The zero-order valence-electron chi connectivity index (χ0n) is 11.4. The number of hydrogen-bond acceptors (Lipinski definition) is 6. The fourth-order valence-electron chi connectivity index (χ4n) is 2.35. The van der Waals surface area contributed by atoms with E-state index in [1.54, 1.807) is 11.0 Å². The third-order valence-corrected chi connectivity index (χ3v) is 3.29. The van der Waals surface area contributed by atoms with Gasteiger partial charge >= 0.3 is 0 Å². The molecule has 0 aromatic carbocycles. The van der Waals surface area contributed by atoms with Gasteiger partial charge in [0.25, 0.3) is 0 Å². The summed E-state index contributed by atoms with van der Waals surface area (Å²) in [5.74, 6) is 1.44. The number of nitrogens with one attached hydrogen (secondary N) is 1. The summed E-state index contributed by atoms with van der Waals surface area (Å²) in [7, 11) is 6.03. The maximum Gasteiger partial charge on any atom is 0.183 e. The lowest BCUT2D eigenvalue weighted by Gasteiger charge is -2.28. The summed E-state index contributed by atoms with van der Waals surface area (Å²) in [5.41, 5.74) is 0.862. The Balaban J connectivity index is 1.56. The summed E-state index contributed by atoms with van der Waals surface area (Å²) in [6, 6.07) is 1.88. The van der Waals surface area contributed by atoms with Gasteiger partial charge in [-0.15, -0.1) is 0 Å². The number of aromatic nitrogens is 1. The number of nitrogens with zero attached hydrogens (tertiary/aromatic N) is 2. The predicted molar refractivity (Wildman–Crippen MR) is 74.0 cm³/mol. The van der Waals surface area contributed by atoms with Gasteiger partial charge in [0.1, 0.15) is 13.2 Å². The molecule has 3 rings (SSSR count). The third kappa shape index (κ3) is 3.42. The van der Waals surface area contributed by atoms with E-state index in [0.29, 0.717) is 32.1 Å². The Morgan fingerprint density at radius 1 is 1.30 bits per heavy atom. The molecule has 1 saturated heterocycles. The quantitative estimate of drug-likeness (QED) is 0.763. The maximum absolute atomic E-state index is 6.03. The molecular formula is C13H18BN3O3. The van der Waals surface area contributed by atoms with Crippen molar-refractivity contribution in [2.75, 3.05) is 39.5 Å². The molecule has 1 aromatic rings. The molecule has 2 radical (unpaired) electrons. The first kappa shape index (κ1) is 13.7. The Kier molecular flexibility index (Phi) is 4.39. The molecule has 1 aromatic heterocycles. The average Bonchev–Trinajstić information content (AvgIpc) is 2.48. The van der Waals surface area contributed by atoms with Crippen molar-refractivity contribution in [3.05, 3.63) is 18.0 Å². The molecule has 0 aliphatic carbocycles. The normalized spacial score (nSPS) is 21.9. The highest BCUT2D eigenvalue weighted by Crippen LogP contribution is 2.29. The molecule has 0 bridgehead atoms. The third-order valence-electron chi connectivity index (χ3n) is 3.29. The highest BCUT2D eigenvalue weighted by Gasteiger charge is 2.17. The summed E-state index contributed by atoms with van der Waals surface area (Å²) in [5, 5.41) is 3.29. The van der Waals surface area contributed by atoms with Gasteiger partial charge in [0, 0.05) is 32.2 Å². The minimum Gasteiger partial charge on any atom is -0.486 e. The van der Waals surface area contributed by atoms with E-state index < -0.39 is 0 Å². The molecule has 1 fully saturated rings. The van der Waals surface area contributed by atoms with Crippen molar-refractivity contribution in [3.63, 3.8) is 0 Å². The minimum atomic E-state index is 0.131. The van der Waals surface area contributed by atoms with Gasteiger partial charge in [-0.05, 0) is 0 Å².